The van der Waals surface area contributed by atoms with E-state index < -0.39 is 24.7 Å². The van der Waals surface area contributed by atoms with E-state index in [2.05, 4.69) is 15.9 Å². The minimum atomic E-state index is -4.47. The zero-order chi connectivity index (χ0) is 14.6. The normalized spacial score (nSPS) is 12.0. The van der Waals surface area contributed by atoms with Crippen molar-refractivity contribution < 1.29 is 22.0 Å². The zero-order valence-electron chi connectivity index (χ0n) is 9.72. The molecule has 0 aliphatic carbocycles. The molecule has 0 unspecified atom stereocenters. The van der Waals surface area contributed by atoms with Crippen LogP contribution in [0.15, 0.2) is 22.7 Å². The van der Waals surface area contributed by atoms with Crippen molar-refractivity contribution in [2.75, 3.05) is 24.5 Å². The number of anilines is 1. The lowest BCUT2D eigenvalue weighted by Gasteiger charge is -2.25. The Labute approximate surface area is 115 Å². The summed E-state index contributed by atoms with van der Waals surface area (Å²) in [5, 5.41) is 0. The van der Waals surface area contributed by atoms with Gasteiger partial charge in [-0.3, -0.25) is 0 Å². The Morgan fingerprint density at radius 3 is 2.32 bits per heavy atom. The summed E-state index contributed by atoms with van der Waals surface area (Å²) in [6.45, 7) is -0.324. The largest absolute Gasteiger partial charge is 0.416 e. The van der Waals surface area contributed by atoms with Gasteiger partial charge in [0.05, 0.1) is 17.8 Å². The quantitative estimate of drug-likeness (QED) is 0.827. The number of benzene rings is 1. The minimum Gasteiger partial charge on any atom is -0.364 e. The van der Waals surface area contributed by atoms with Gasteiger partial charge in [-0.15, -0.1) is 0 Å². The summed E-state index contributed by atoms with van der Waals surface area (Å²) in [7, 11) is 0. The van der Waals surface area contributed by atoms with E-state index in [1.54, 1.807) is 0 Å². The molecule has 0 heterocycles. The molecule has 8 heteroatoms. The van der Waals surface area contributed by atoms with Gasteiger partial charge in [0.2, 0.25) is 0 Å². The standard InChI is InChI=1S/C11H12BrF5N2/c12-8-5-7(11(15,16)17)1-2-9(8)19(4-3-18)6-10(13)14/h1-2,5,10H,3-4,6,18H2. The van der Waals surface area contributed by atoms with E-state index in [0.717, 1.165) is 18.2 Å². The lowest BCUT2D eigenvalue weighted by Crippen LogP contribution is -2.33. The van der Waals surface area contributed by atoms with Crippen molar-refractivity contribution in [1.82, 2.24) is 0 Å². The van der Waals surface area contributed by atoms with E-state index in [0.29, 0.717) is 0 Å². The third-order valence-electron chi connectivity index (χ3n) is 2.37. The highest BCUT2D eigenvalue weighted by Gasteiger charge is 2.31. The fraction of sp³-hybridized carbons (Fsp3) is 0.455. The summed E-state index contributed by atoms with van der Waals surface area (Å²) in [5.41, 5.74) is 4.73. The van der Waals surface area contributed by atoms with Gasteiger partial charge in [0.25, 0.3) is 6.43 Å². The number of rotatable bonds is 5. The molecule has 0 saturated heterocycles. The van der Waals surface area contributed by atoms with Crippen molar-refractivity contribution in [3.63, 3.8) is 0 Å². The average molecular weight is 347 g/mol. The molecule has 0 atom stereocenters. The molecule has 0 bridgehead atoms. The highest BCUT2D eigenvalue weighted by atomic mass is 79.9. The van der Waals surface area contributed by atoms with Crippen LogP contribution in [0.1, 0.15) is 5.56 Å². The summed E-state index contributed by atoms with van der Waals surface area (Å²) in [6, 6.07) is 2.88. The van der Waals surface area contributed by atoms with Crippen LogP contribution < -0.4 is 10.6 Å². The number of nitrogens with zero attached hydrogens (tertiary/aromatic N) is 1. The molecule has 1 aromatic carbocycles. The van der Waals surface area contributed by atoms with Gasteiger partial charge < -0.3 is 10.6 Å². The first-order valence-electron chi connectivity index (χ1n) is 5.35. The van der Waals surface area contributed by atoms with Crippen LogP contribution in [0, 0.1) is 0 Å². The maximum absolute atomic E-state index is 12.5. The maximum Gasteiger partial charge on any atom is 0.416 e. The van der Waals surface area contributed by atoms with Crippen LogP contribution in [0.5, 0.6) is 0 Å². The monoisotopic (exact) mass is 346 g/mol. The fourth-order valence-corrected chi connectivity index (χ4v) is 2.20. The van der Waals surface area contributed by atoms with Gasteiger partial charge in [0, 0.05) is 17.6 Å². The minimum absolute atomic E-state index is 0.108. The predicted octanol–water partition coefficient (Wildman–Crippen LogP) is 3.50. The number of nitrogens with two attached hydrogens (primary N) is 1. The lowest BCUT2D eigenvalue weighted by atomic mass is 10.2. The van der Waals surface area contributed by atoms with Gasteiger partial charge in [-0.2, -0.15) is 13.2 Å². The van der Waals surface area contributed by atoms with Crippen LogP contribution in [0.3, 0.4) is 0 Å². The van der Waals surface area contributed by atoms with Crippen molar-refractivity contribution in [2.24, 2.45) is 5.73 Å². The first-order chi connectivity index (χ1) is 8.75. The van der Waals surface area contributed by atoms with Crippen LogP contribution in [-0.4, -0.2) is 26.1 Å². The molecule has 0 fully saturated rings. The van der Waals surface area contributed by atoms with E-state index in [1.807, 2.05) is 0 Å². The molecule has 0 aliphatic heterocycles. The van der Waals surface area contributed by atoms with Crippen molar-refractivity contribution in [1.29, 1.82) is 0 Å². The average Bonchev–Trinajstić information content (AvgIpc) is 2.26. The lowest BCUT2D eigenvalue weighted by molar-refractivity contribution is -0.137. The molecule has 2 nitrogen and oxygen atoms in total. The molecule has 0 spiro atoms. The van der Waals surface area contributed by atoms with Crippen LogP contribution in [0.2, 0.25) is 0 Å². The van der Waals surface area contributed by atoms with E-state index in [1.165, 1.54) is 4.90 Å². The van der Waals surface area contributed by atoms with Crippen molar-refractivity contribution in [3.8, 4) is 0 Å². The van der Waals surface area contributed by atoms with E-state index in [-0.39, 0.29) is 23.2 Å². The second-order valence-electron chi connectivity index (χ2n) is 3.79. The van der Waals surface area contributed by atoms with Gasteiger partial charge in [0.15, 0.2) is 0 Å². The van der Waals surface area contributed by atoms with E-state index in [9.17, 15) is 22.0 Å². The molecule has 1 aromatic rings. The number of hydrogen-bond acceptors (Lipinski definition) is 2. The molecule has 2 N–H and O–H groups in total. The van der Waals surface area contributed by atoms with Crippen molar-refractivity contribution in [2.45, 2.75) is 12.6 Å². The first-order valence-corrected chi connectivity index (χ1v) is 6.15. The van der Waals surface area contributed by atoms with Crippen LogP contribution in [0.25, 0.3) is 0 Å². The third kappa shape index (κ3) is 4.61. The second-order valence-corrected chi connectivity index (χ2v) is 4.64. The summed E-state index contributed by atoms with van der Waals surface area (Å²) >= 11 is 2.97. The maximum atomic E-state index is 12.5. The molecular weight excluding hydrogens is 335 g/mol. The van der Waals surface area contributed by atoms with Gasteiger partial charge in [-0.1, -0.05) is 0 Å². The van der Waals surface area contributed by atoms with E-state index in [4.69, 9.17) is 5.73 Å². The number of hydrogen-bond donors (Lipinski definition) is 1. The molecule has 0 amide bonds. The van der Waals surface area contributed by atoms with Gasteiger partial charge in [0.1, 0.15) is 0 Å². The van der Waals surface area contributed by atoms with Crippen LogP contribution >= 0.6 is 15.9 Å². The Balaban J connectivity index is 3.04. The SMILES string of the molecule is NCCN(CC(F)F)c1ccc(C(F)(F)F)cc1Br. The highest BCUT2D eigenvalue weighted by molar-refractivity contribution is 9.10. The van der Waals surface area contributed by atoms with Crippen LogP contribution in [-0.2, 0) is 6.18 Å². The number of alkyl halides is 5. The molecule has 108 valence electrons. The number of halogens is 6. The van der Waals surface area contributed by atoms with Gasteiger partial charge >= 0.3 is 6.18 Å². The van der Waals surface area contributed by atoms with Crippen molar-refractivity contribution >= 4 is 21.6 Å². The molecular formula is C11H12BrF5N2. The van der Waals surface area contributed by atoms with Crippen molar-refractivity contribution in [3.05, 3.63) is 28.2 Å². The molecule has 19 heavy (non-hydrogen) atoms. The van der Waals surface area contributed by atoms with Crippen LogP contribution in [0.4, 0.5) is 27.6 Å². The predicted molar refractivity (Wildman–Crippen MR) is 66.4 cm³/mol. The Hall–Kier alpha value is -0.890. The molecule has 0 aliphatic rings. The Morgan fingerprint density at radius 2 is 1.89 bits per heavy atom. The topological polar surface area (TPSA) is 29.3 Å². The molecule has 1 rings (SSSR count). The molecule has 0 saturated carbocycles. The zero-order valence-corrected chi connectivity index (χ0v) is 11.3. The second kappa shape index (κ2) is 6.51. The molecule has 0 aromatic heterocycles. The Morgan fingerprint density at radius 1 is 1.26 bits per heavy atom. The van der Waals surface area contributed by atoms with Gasteiger partial charge in [-0.05, 0) is 34.1 Å². The van der Waals surface area contributed by atoms with Gasteiger partial charge in [-0.25, -0.2) is 8.78 Å². The fourth-order valence-electron chi connectivity index (χ4n) is 1.57. The first kappa shape index (κ1) is 16.2. The molecule has 0 radical (unpaired) electrons. The summed E-state index contributed by atoms with van der Waals surface area (Å²) in [4.78, 5) is 1.24. The summed E-state index contributed by atoms with van der Waals surface area (Å²) < 4.78 is 62.4. The smallest absolute Gasteiger partial charge is 0.364 e. The summed E-state index contributed by atoms with van der Waals surface area (Å²) in [6.07, 6.45) is -7.07. The Bertz CT molecular complexity index is 422. The summed E-state index contributed by atoms with van der Waals surface area (Å²) in [5.74, 6) is 0. The van der Waals surface area contributed by atoms with E-state index >= 15 is 0 Å². The Kier molecular flexibility index (Phi) is 5.54. The highest BCUT2D eigenvalue weighted by Crippen LogP contribution is 2.35. The third-order valence-corrected chi connectivity index (χ3v) is 3.01.